The highest BCUT2D eigenvalue weighted by atomic mass is 19.1. The molecule has 0 aliphatic carbocycles. The van der Waals surface area contributed by atoms with Gasteiger partial charge in [-0.1, -0.05) is 19.9 Å². The van der Waals surface area contributed by atoms with Gasteiger partial charge in [0.15, 0.2) is 0 Å². The molecule has 0 saturated heterocycles. The maximum Gasteiger partial charge on any atom is 0.225 e. The molecule has 0 fully saturated rings. The van der Waals surface area contributed by atoms with Gasteiger partial charge in [0.2, 0.25) is 5.91 Å². The normalized spacial score (nSPS) is 11.4. The summed E-state index contributed by atoms with van der Waals surface area (Å²) in [7, 11) is 0. The molecular weight excluding hydrogens is 252 g/mol. The monoisotopic (exact) mass is 271 g/mol. The van der Waals surface area contributed by atoms with Gasteiger partial charge in [-0.25, -0.2) is 8.78 Å². The second kappa shape index (κ2) is 6.61. The number of hydrogen-bond acceptors (Lipinski definition) is 2. The number of halogens is 2. The zero-order chi connectivity index (χ0) is 14.5. The van der Waals surface area contributed by atoms with Crippen LogP contribution in [0.2, 0.25) is 0 Å². The minimum atomic E-state index is -0.738. The van der Waals surface area contributed by atoms with Gasteiger partial charge in [-0.3, -0.25) is 4.79 Å². The molecule has 0 spiro atoms. The molecule has 2 N–H and O–H groups in total. The molecule has 0 heterocycles. The van der Waals surface area contributed by atoms with Crippen molar-refractivity contribution in [3.05, 3.63) is 35.4 Å². The van der Waals surface area contributed by atoms with Crippen LogP contribution in [-0.2, 0) is 11.2 Å². The lowest BCUT2D eigenvalue weighted by Crippen LogP contribution is -2.51. The van der Waals surface area contributed by atoms with Crippen LogP contribution in [0.4, 0.5) is 8.78 Å². The molecule has 106 valence electrons. The van der Waals surface area contributed by atoms with Crippen LogP contribution in [-0.4, -0.2) is 23.2 Å². The van der Waals surface area contributed by atoms with E-state index in [2.05, 4.69) is 5.32 Å². The molecule has 3 nitrogen and oxygen atoms in total. The van der Waals surface area contributed by atoms with Gasteiger partial charge in [0.1, 0.15) is 11.6 Å². The highest BCUT2D eigenvalue weighted by Crippen LogP contribution is 2.15. The molecule has 0 unspecified atom stereocenters. The van der Waals surface area contributed by atoms with Gasteiger partial charge in [-0.15, -0.1) is 0 Å². The van der Waals surface area contributed by atoms with Crippen molar-refractivity contribution in [1.29, 1.82) is 0 Å². The third-order valence-electron chi connectivity index (χ3n) is 3.43. The first-order valence-corrected chi connectivity index (χ1v) is 6.32. The van der Waals surface area contributed by atoms with Crippen LogP contribution in [0.5, 0.6) is 0 Å². The highest BCUT2D eigenvalue weighted by Gasteiger charge is 2.27. The van der Waals surface area contributed by atoms with Gasteiger partial charge in [0.05, 0.1) is 18.6 Å². The number of carbonyl (C=O) groups excluding carboxylic acids is 1. The number of benzene rings is 1. The van der Waals surface area contributed by atoms with E-state index in [9.17, 15) is 18.7 Å². The summed E-state index contributed by atoms with van der Waals surface area (Å²) in [5.41, 5.74) is -0.536. The van der Waals surface area contributed by atoms with Crippen molar-refractivity contribution in [1.82, 2.24) is 5.32 Å². The third-order valence-corrected chi connectivity index (χ3v) is 3.43. The summed E-state index contributed by atoms with van der Waals surface area (Å²) in [5.74, 6) is -1.80. The number of carbonyl (C=O) groups is 1. The molecule has 0 atom stereocenters. The van der Waals surface area contributed by atoms with Gasteiger partial charge in [0.25, 0.3) is 0 Å². The maximum absolute atomic E-state index is 13.4. The Bertz CT molecular complexity index is 437. The van der Waals surface area contributed by atoms with Gasteiger partial charge >= 0.3 is 0 Å². The smallest absolute Gasteiger partial charge is 0.225 e. The van der Waals surface area contributed by atoms with Crippen LogP contribution >= 0.6 is 0 Å². The van der Waals surface area contributed by atoms with Crippen molar-refractivity contribution in [2.45, 2.75) is 38.6 Å². The molecule has 1 aromatic rings. The number of aliphatic hydroxyl groups is 1. The number of amides is 1. The van der Waals surface area contributed by atoms with E-state index in [0.29, 0.717) is 12.8 Å². The van der Waals surface area contributed by atoms with Crippen LogP contribution in [0, 0.1) is 11.6 Å². The van der Waals surface area contributed by atoms with Gasteiger partial charge in [0, 0.05) is 6.07 Å². The van der Waals surface area contributed by atoms with Crippen molar-refractivity contribution in [2.24, 2.45) is 0 Å². The Morgan fingerprint density at radius 1 is 1.32 bits per heavy atom. The number of aliphatic hydroxyl groups excluding tert-OH is 1. The minimum absolute atomic E-state index is 0.137. The molecule has 0 aromatic heterocycles. The van der Waals surface area contributed by atoms with Crippen LogP contribution in [0.3, 0.4) is 0 Å². The largest absolute Gasteiger partial charge is 0.394 e. The van der Waals surface area contributed by atoms with Crippen molar-refractivity contribution < 1.29 is 18.7 Å². The van der Waals surface area contributed by atoms with Crippen LogP contribution in [0.15, 0.2) is 18.2 Å². The lowest BCUT2D eigenvalue weighted by molar-refractivity contribution is -0.123. The van der Waals surface area contributed by atoms with Crippen LogP contribution in [0.25, 0.3) is 0 Å². The van der Waals surface area contributed by atoms with E-state index >= 15 is 0 Å². The van der Waals surface area contributed by atoms with E-state index in [4.69, 9.17) is 0 Å². The summed E-state index contributed by atoms with van der Waals surface area (Å²) < 4.78 is 26.2. The van der Waals surface area contributed by atoms with Gasteiger partial charge in [-0.2, -0.15) is 0 Å². The quantitative estimate of drug-likeness (QED) is 0.833. The second-order valence-electron chi connectivity index (χ2n) is 4.61. The fraction of sp³-hybridized carbons (Fsp3) is 0.500. The first kappa shape index (κ1) is 15.6. The molecule has 19 heavy (non-hydrogen) atoms. The van der Waals surface area contributed by atoms with Crippen molar-refractivity contribution in [3.8, 4) is 0 Å². The minimum Gasteiger partial charge on any atom is -0.394 e. The molecule has 1 amide bonds. The number of rotatable bonds is 6. The zero-order valence-electron chi connectivity index (χ0n) is 11.2. The summed E-state index contributed by atoms with van der Waals surface area (Å²) in [6.07, 6.45) is 0.989. The Balaban J connectivity index is 2.74. The van der Waals surface area contributed by atoms with Crippen molar-refractivity contribution in [2.75, 3.05) is 6.61 Å². The Morgan fingerprint density at radius 3 is 2.42 bits per heavy atom. The molecule has 1 rings (SSSR count). The highest BCUT2D eigenvalue weighted by molar-refractivity contribution is 5.79. The Hall–Kier alpha value is -1.49. The molecule has 0 radical (unpaired) electrons. The zero-order valence-corrected chi connectivity index (χ0v) is 11.2. The third kappa shape index (κ3) is 3.99. The summed E-state index contributed by atoms with van der Waals surface area (Å²) in [5, 5.41) is 12.1. The average Bonchev–Trinajstić information content (AvgIpc) is 2.39. The summed E-state index contributed by atoms with van der Waals surface area (Å²) >= 11 is 0. The molecule has 0 aliphatic rings. The predicted octanol–water partition coefficient (Wildman–Crippen LogP) is 2.17. The average molecular weight is 271 g/mol. The molecule has 1 aromatic carbocycles. The topological polar surface area (TPSA) is 49.3 Å². The first-order valence-electron chi connectivity index (χ1n) is 6.32. The van der Waals surface area contributed by atoms with E-state index in [1.165, 1.54) is 6.07 Å². The lowest BCUT2D eigenvalue weighted by Gasteiger charge is -2.30. The van der Waals surface area contributed by atoms with E-state index in [1.807, 2.05) is 13.8 Å². The number of nitrogens with one attached hydrogen (secondary N) is 1. The van der Waals surface area contributed by atoms with Gasteiger partial charge in [-0.05, 0) is 24.5 Å². The predicted molar refractivity (Wildman–Crippen MR) is 68.6 cm³/mol. The maximum atomic E-state index is 13.4. The van der Waals surface area contributed by atoms with E-state index in [-0.39, 0.29) is 24.5 Å². The summed E-state index contributed by atoms with van der Waals surface area (Å²) in [6.45, 7) is 3.55. The van der Waals surface area contributed by atoms with E-state index in [1.54, 1.807) is 0 Å². The Kier molecular flexibility index (Phi) is 5.42. The molecular formula is C14H19F2NO2. The summed E-state index contributed by atoms with van der Waals surface area (Å²) in [6, 6.07) is 3.12. The van der Waals surface area contributed by atoms with E-state index < -0.39 is 17.2 Å². The summed E-state index contributed by atoms with van der Waals surface area (Å²) in [4.78, 5) is 11.9. The molecule has 0 saturated carbocycles. The molecule has 0 bridgehead atoms. The first-order chi connectivity index (χ1) is 8.96. The second-order valence-corrected chi connectivity index (χ2v) is 4.61. The lowest BCUT2D eigenvalue weighted by atomic mass is 9.93. The van der Waals surface area contributed by atoms with Crippen LogP contribution in [0.1, 0.15) is 32.3 Å². The standard InChI is InChI=1S/C14H19F2NO2/c1-3-14(4-2,9-18)17-13(19)7-10-5-6-11(15)8-12(10)16/h5-6,8,18H,3-4,7,9H2,1-2H3,(H,17,19). The Morgan fingerprint density at radius 2 is 1.95 bits per heavy atom. The van der Waals surface area contributed by atoms with Crippen molar-refractivity contribution in [3.63, 3.8) is 0 Å². The molecule has 0 aliphatic heterocycles. The number of hydrogen-bond donors (Lipinski definition) is 2. The molecule has 5 heteroatoms. The fourth-order valence-corrected chi connectivity index (χ4v) is 1.87. The Labute approximate surface area is 111 Å². The van der Waals surface area contributed by atoms with E-state index in [0.717, 1.165) is 12.1 Å². The van der Waals surface area contributed by atoms with Gasteiger partial charge < -0.3 is 10.4 Å². The SMILES string of the molecule is CCC(CC)(CO)NC(=O)Cc1ccc(F)cc1F. The van der Waals surface area contributed by atoms with Crippen molar-refractivity contribution >= 4 is 5.91 Å². The van der Waals surface area contributed by atoms with Crippen LogP contribution < -0.4 is 5.32 Å². The fourth-order valence-electron chi connectivity index (χ4n) is 1.87.